The fourth-order valence-electron chi connectivity index (χ4n) is 4.25. The van der Waals surface area contributed by atoms with Crippen molar-refractivity contribution in [2.24, 2.45) is 17.8 Å². The van der Waals surface area contributed by atoms with E-state index in [9.17, 15) is 19.8 Å². The van der Waals surface area contributed by atoms with Gasteiger partial charge in [0, 0.05) is 31.2 Å². The lowest BCUT2D eigenvalue weighted by atomic mass is 9.90. The number of aryl methyl sites for hydroxylation is 1. The Morgan fingerprint density at radius 2 is 1.97 bits per heavy atom. The molecule has 1 aromatic carbocycles. The lowest BCUT2D eigenvalue weighted by Crippen LogP contribution is -2.24. The lowest BCUT2D eigenvalue weighted by molar-refractivity contribution is -0.121. The van der Waals surface area contributed by atoms with E-state index in [0.29, 0.717) is 25.2 Å². The van der Waals surface area contributed by atoms with Crippen molar-refractivity contribution in [3.8, 4) is 0 Å². The Morgan fingerprint density at radius 1 is 1.19 bits per heavy atom. The summed E-state index contributed by atoms with van der Waals surface area (Å²) >= 11 is 0. The van der Waals surface area contributed by atoms with E-state index >= 15 is 0 Å². The minimum atomic E-state index is -0.642. The number of carbonyl (C=O) groups is 2. The largest absolute Gasteiger partial charge is 0.392 e. The standard InChI is InChI=1S/C27H37NO4/c29-22(15-14-20-8-4-3-5-9-20)16-17-24-23(25(30)18-26(24)31)10-6-1-2-7-11-27(32)28-19-21-12-13-21/h1,3-6,8-9,16-17,21-25,29-30H,2,7,10-15,18-19H2,(H,28,32)/b6-1-,17-16+/t22-,23?,24+,25-/m0/s1. The number of nitrogens with one attached hydrogen (secondary N) is 1. The molecule has 32 heavy (non-hydrogen) atoms. The van der Waals surface area contributed by atoms with Gasteiger partial charge in [-0.3, -0.25) is 9.59 Å². The number of hydrogen-bond donors (Lipinski definition) is 3. The van der Waals surface area contributed by atoms with Crippen LogP contribution in [0.4, 0.5) is 0 Å². The zero-order chi connectivity index (χ0) is 22.8. The summed E-state index contributed by atoms with van der Waals surface area (Å²) in [7, 11) is 0. The molecule has 0 aliphatic heterocycles. The minimum Gasteiger partial charge on any atom is -0.392 e. The molecule has 2 aliphatic rings. The van der Waals surface area contributed by atoms with Gasteiger partial charge in [0.2, 0.25) is 5.91 Å². The SMILES string of the molecule is O=C(CCC/C=C\CC1[C@@H](O)CC(=O)[C@@H]1/C=C/[C@@H](O)CCc1ccccc1)NCC1CC1. The van der Waals surface area contributed by atoms with E-state index in [1.807, 2.05) is 42.5 Å². The highest BCUT2D eigenvalue weighted by molar-refractivity contribution is 5.86. The zero-order valence-corrected chi connectivity index (χ0v) is 18.9. The molecular formula is C27H37NO4. The Morgan fingerprint density at radius 3 is 2.72 bits per heavy atom. The molecule has 1 amide bonds. The lowest BCUT2D eigenvalue weighted by Gasteiger charge is -2.17. The fourth-order valence-corrected chi connectivity index (χ4v) is 4.25. The highest BCUT2D eigenvalue weighted by Gasteiger charge is 2.39. The van der Waals surface area contributed by atoms with E-state index < -0.39 is 12.2 Å². The Kier molecular flexibility index (Phi) is 9.69. The number of Topliss-reactive ketones (excluding diaryl/α,β-unsaturated/α-hetero) is 1. The molecule has 0 bridgehead atoms. The van der Waals surface area contributed by atoms with Crippen molar-refractivity contribution in [2.75, 3.05) is 6.54 Å². The van der Waals surface area contributed by atoms with Crippen LogP contribution in [0.25, 0.3) is 0 Å². The van der Waals surface area contributed by atoms with Crippen molar-refractivity contribution in [3.05, 3.63) is 60.2 Å². The molecule has 1 aromatic rings. The summed E-state index contributed by atoms with van der Waals surface area (Å²) in [5, 5.41) is 23.6. The van der Waals surface area contributed by atoms with Crippen molar-refractivity contribution in [1.29, 1.82) is 0 Å². The first-order valence-electron chi connectivity index (χ1n) is 12.1. The Bertz CT molecular complexity index is 784. The van der Waals surface area contributed by atoms with Crippen molar-refractivity contribution in [1.82, 2.24) is 5.32 Å². The average molecular weight is 440 g/mol. The van der Waals surface area contributed by atoms with Gasteiger partial charge in [-0.05, 0) is 56.4 Å². The molecule has 174 valence electrons. The predicted octanol–water partition coefficient (Wildman–Crippen LogP) is 3.75. The van der Waals surface area contributed by atoms with E-state index in [1.54, 1.807) is 12.2 Å². The van der Waals surface area contributed by atoms with E-state index in [0.717, 1.165) is 25.8 Å². The molecule has 0 aromatic heterocycles. The third-order valence-electron chi connectivity index (χ3n) is 6.48. The van der Waals surface area contributed by atoms with Crippen LogP contribution in [0, 0.1) is 17.8 Å². The second-order valence-electron chi connectivity index (χ2n) is 9.25. The third kappa shape index (κ3) is 8.36. The molecule has 0 saturated heterocycles. The van der Waals surface area contributed by atoms with Crippen LogP contribution in [0.15, 0.2) is 54.6 Å². The van der Waals surface area contributed by atoms with E-state index in [1.165, 1.54) is 18.4 Å². The number of amides is 1. The van der Waals surface area contributed by atoms with Gasteiger partial charge in [0.15, 0.2) is 0 Å². The van der Waals surface area contributed by atoms with E-state index in [4.69, 9.17) is 0 Å². The second kappa shape index (κ2) is 12.7. The number of aliphatic hydroxyl groups excluding tert-OH is 2. The van der Waals surface area contributed by atoms with Crippen LogP contribution in [0.1, 0.15) is 56.9 Å². The van der Waals surface area contributed by atoms with Crippen LogP contribution in [-0.2, 0) is 16.0 Å². The molecule has 5 nitrogen and oxygen atoms in total. The van der Waals surface area contributed by atoms with Gasteiger partial charge in [-0.1, -0.05) is 54.6 Å². The van der Waals surface area contributed by atoms with Crippen molar-refractivity contribution in [2.45, 2.75) is 70.0 Å². The molecule has 2 fully saturated rings. The summed E-state index contributed by atoms with van der Waals surface area (Å²) in [4.78, 5) is 24.1. The number of hydrogen-bond acceptors (Lipinski definition) is 4. The first-order valence-corrected chi connectivity index (χ1v) is 12.1. The van der Waals surface area contributed by atoms with E-state index in [2.05, 4.69) is 5.32 Å². The average Bonchev–Trinajstić information content (AvgIpc) is 3.58. The smallest absolute Gasteiger partial charge is 0.220 e. The fraction of sp³-hybridized carbons (Fsp3) is 0.556. The number of rotatable bonds is 13. The van der Waals surface area contributed by atoms with Gasteiger partial charge in [-0.25, -0.2) is 0 Å². The zero-order valence-electron chi connectivity index (χ0n) is 18.9. The molecule has 0 spiro atoms. The highest BCUT2D eigenvalue weighted by atomic mass is 16.3. The number of aliphatic hydroxyl groups is 2. The molecule has 2 saturated carbocycles. The normalized spacial score (nSPS) is 24.4. The molecule has 1 unspecified atom stereocenters. The van der Waals surface area contributed by atoms with Gasteiger partial charge < -0.3 is 15.5 Å². The predicted molar refractivity (Wildman–Crippen MR) is 126 cm³/mol. The summed E-state index contributed by atoms with van der Waals surface area (Å²) in [6.45, 7) is 0.818. The summed E-state index contributed by atoms with van der Waals surface area (Å²) in [5.74, 6) is 0.353. The maximum Gasteiger partial charge on any atom is 0.220 e. The van der Waals surface area contributed by atoms with Crippen molar-refractivity contribution in [3.63, 3.8) is 0 Å². The first-order chi connectivity index (χ1) is 15.5. The summed E-state index contributed by atoms with van der Waals surface area (Å²) < 4.78 is 0. The van der Waals surface area contributed by atoms with Gasteiger partial charge in [0.05, 0.1) is 12.2 Å². The molecule has 4 atom stereocenters. The summed E-state index contributed by atoms with van der Waals surface area (Å²) in [6, 6.07) is 10.0. The van der Waals surface area contributed by atoms with Crippen LogP contribution in [0.5, 0.6) is 0 Å². The Labute approximate surface area is 191 Å². The molecule has 0 heterocycles. The van der Waals surface area contributed by atoms with Crippen LogP contribution in [0.2, 0.25) is 0 Å². The number of benzene rings is 1. The highest BCUT2D eigenvalue weighted by Crippen LogP contribution is 2.33. The summed E-state index contributed by atoms with van der Waals surface area (Å²) in [5.41, 5.74) is 1.18. The van der Waals surface area contributed by atoms with Crippen LogP contribution in [-0.4, -0.2) is 40.7 Å². The molecular weight excluding hydrogens is 402 g/mol. The third-order valence-corrected chi connectivity index (χ3v) is 6.48. The quantitative estimate of drug-likeness (QED) is 0.323. The Hall–Kier alpha value is -2.24. The molecule has 3 N–H and O–H groups in total. The number of ketones is 1. The number of unbranched alkanes of at least 4 members (excludes halogenated alkanes) is 1. The van der Waals surface area contributed by atoms with Gasteiger partial charge in [0.25, 0.3) is 0 Å². The van der Waals surface area contributed by atoms with Gasteiger partial charge >= 0.3 is 0 Å². The van der Waals surface area contributed by atoms with Gasteiger partial charge in [-0.2, -0.15) is 0 Å². The van der Waals surface area contributed by atoms with Crippen LogP contribution < -0.4 is 5.32 Å². The molecule has 5 heteroatoms. The van der Waals surface area contributed by atoms with Gasteiger partial charge in [0.1, 0.15) is 5.78 Å². The molecule has 3 rings (SSSR count). The maximum atomic E-state index is 12.3. The van der Waals surface area contributed by atoms with E-state index in [-0.39, 0.29) is 29.9 Å². The monoisotopic (exact) mass is 439 g/mol. The van der Waals surface area contributed by atoms with Crippen molar-refractivity contribution < 1.29 is 19.8 Å². The number of allylic oxidation sites excluding steroid dienone is 3. The maximum absolute atomic E-state index is 12.3. The van der Waals surface area contributed by atoms with Crippen LogP contribution in [0.3, 0.4) is 0 Å². The topological polar surface area (TPSA) is 86.6 Å². The van der Waals surface area contributed by atoms with Crippen LogP contribution >= 0.6 is 0 Å². The minimum absolute atomic E-state index is 0.0368. The first kappa shape index (κ1) is 24.4. The Balaban J connectivity index is 1.37. The molecule has 0 radical (unpaired) electrons. The van der Waals surface area contributed by atoms with Crippen molar-refractivity contribution >= 4 is 11.7 Å². The van der Waals surface area contributed by atoms with Gasteiger partial charge in [-0.15, -0.1) is 0 Å². The molecule has 2 aliphatic carbocycles. The second-order valence-corrected chi connectivity index (χ2v) is 9.25. The number of carbonyl (C=O) groups excluding carboxylic acids is 2. The summed E-state index contributed by atoms with van der Waals surface area (Å²) in [6.07, 6.45) is 13.1.